The number of rotatable bonds is 8. The van der Waals surface area contributed by atoms with Crippen molar-refractivity contribution in [1.82, 2.24) is 5.32 Å². The van der Waals surface area contributed by atoms with E-state index in [0.29, 0.717) is 41.8 Å². The zero-order valence-corrected chi connectivity index (χ0v) is 18.6. The van der Waals surface area contributed by atoms with Crippen molar-refractivity contribution in [3.63, 3.8) is 0 Å². The van der Waals surface area contributed by atoms with Gasteiger partial charge in [-0.1, -0.05) is 35.3 Å². The standard InChI is InChI=1S/C20H22Cl2N2O5S/c1-30(26,27)24(17-11-14(21)8-9-16(17)22)10-4-7-20(25)23-12-15-13-28-18-5-2-3-6-19(18)29-15/h2-3,5-6,8-9,11,15H,4,7,10,12-13H2,1H3,(H,23,25). The first kappa shape index (κ1) is 22.5. The number of hydrogen-bond donors (Lipinski definition) is 1. The molecule has 2 aromatic carbocycles. The molecule has 0 spiro atoms. The Morgan fingerprint density at radius 3 is 2.67 bits per heavy atom. The number of amides is 1. The molecule has 0 radical (unpaired) electrons. The number of halogens is 2. The predicted octanol–water partition coefficient (Wildman–Crippen LogP) is 3.50. The molecule has 1 aliphatic heterocycles. The summed E-state index contributed by atoms with van der Waals surface area (Å²) in [5.74, 6) is 1.12. The first-order chi connectivity index (χ1) is 14.2. The van der Waals surface area contributed by atoms with Crippen molar-refractivity contribution < 1.29 is 22.7 Å². The van der Waals surface area contributed by atoms with Crippen LogP contribution in [-0.4, -0.2) is 46.4 Å². The maximum atomic E-state index is 12.2. The van der Waals surface area contributed by atoms with Gasteiger partial charge in [0.15, 0.2) is 11.5 Å². The Kier molecular flexibility index (Phi) is 7.33. The molecule has 0 aromatic heterocycles. The van der Waals surface area contributed by atoms with Crippen molar-refractivity contribution in [3.8, 4) is 11.5 Å². The first-order valence-electron chi connectivity index (χ1n) is 9.32. The third-order valence-corrected chi connectivity index (χ3v) is 6.17. The van der Waals surface area contributed by atoms with Crippen LogP contribution in [0.25, 0.3) is 0 Å². The van der Waals surface area contributed by atoms with E-state index in [2.05, 4.69) is 5.32 Å². The van der Waals surface area contributed by atoms with E-state index in [1.54, 1.807) is 6.07 Å². The van der Waals surface area contributed by atoms with Crippen LogP contribution in [0.1, 0.15) is 12.8 Å². The molecule has 1 amide bonds. The lowest BCUT2D eigenvalue weighted by Crippen LogP contribution is -2.41. The molecule has 0 aliphatic carbocycles. The summed E-state index contributed by atoms with van der Waals surface area (Å²) in [5, 5.41) is 3.44. The SMILES string of the molecule is CS(=O)(=O)N(CCCC(=O)NCC1COc2ccccc2O1)c1cc(Cl)ccc1Cl. The second kappa shape index (κ2) is 9.76. The van der Waals surface area contributed by atoms with Crippen molar-refractivity contribution in [2.45, 2.75) is 18.9 Å². The van der Waals surface area contributed by atoms with Gasteiger partial charge >= 0.3 is 0 Å². The second-order valence-electron chi connectivity index (χ2n) is 6.84. The number of benzene rings is 2. The highest BCUT2D eigenvalue weighted by Crippen LogP contribution is 2.31. The highest BCUT2D eigenvalue weighted by Gasteiger charge is 2.22. The lowest BCUT2D eigenvalue weighted by molar-refractivity contribution is -0.121. The Bertz CT molecular complexity index is 1020. The van der Waals surface area contributed by atoms with Gasteiger partial charge in [0, 0.05) is 18.0 Å². The Morgan fingerprint density at radius 2 is 1.93 bits per heavy atom. The average Bonchev–Trinajstić information content (AvgIpc) is 2.70. The molecule has 0 saturated heterocycles. The van der Waals surface area contributed by atoms with Crippen molar-refractivity contribution in [3.05, 3.63) is 52.5 Å². The normalized spacial score (nSPS) is 15.5. The summed E-state index contributed by atoms with van der Waals surface area (Å²) in [5.41, 5.74) is 0.290. The predicted molar refractivity (Wildman–Crippen MR) is 117 cm³/mol. The van der Waals surface area contributed by atoms with Crippen molar-refractivity contribution in [1.29, 1.82) is 0 Å². The van der Waals surface area contributed by atoms with Crippen LogP contribution >= 0.6 is 23.2 Å². The van der Waals surface area contributed by atoms with Crippen molar-refractivity contribution >= 4 is 44.8 Å². The maximum absolute atomic E-state index is 12.2. The minimum atomic E-state index is -3.59. The number of hydrogen-bond acceptors (Lipinski definition) is 5. The molecule has 10 heteroatoms. The number of nitrogens with zero attached hydrogens (tertiary/aromatic N) is 1. The molecule has 1 aliphatic rings. The molecular weight excluding hydrogens is 451 g/mol. The Balaban J connectivity index is 1.50. The molecule has 1 atom stereocenters. The van der Waals surface area contributed by atoms with E-state index in [1.165, 1.54) is 12.1 Å². The van der Waals surface area contributed by atoms with Crippen molar-refractivity contribution in [2.75, 3.05) is 30.3 Å². The monoisotopic (exact) mass is 472 g/mol. The molecule has 7 nitrogen and oxygen atoms in total. The van der Waals surface area contributed by atoms with Crippen LogP contribution in [0.15, 0.2) is 42.5 Å². The molecule has 1 N–H and O–H groups in total. The zero-order valence-electron chi connectivity index (χ0n) is 16.3. The third-order valence-electron chi connectivity index (χ3n) is 4.44. The lowest BCUT2D eigenvalue weighted by Gasteiger charge is -2.26. The fourth-order valence-corrected chi connectivity index (χ4v) is 4.41. The summed E-state index contributed by atoms with van der Waals surface area (Å²) in [6, 6.07) is 12.0. The quantitative estimate of drug-likeness (QED) is 0.635. The highest BCUT2D eigenvalue weighted by atomic mass is 35.5. The van der Waals surface area contributed by atoms with Crippen LogP contribution in [0.3, 0.4) is 0 Å². The largest absolute Gasteiger partial charge is 0.486 e. The smallest absolute Gasteiger partial charge is 0.232 e. The van der Waals surface area contributed by atoms with E-state index >= 15 is 0 Å². The van der Waals surface area contributed by atoms with E-state index in [0.717, 1.165) is 10.6 Å². The molecular formula is C20H22Cl2N2O5S. The Labute approximate surface area is 185 Å². The van der Waals surface area contributed by atoms with Crippen LogP contribution in [0, 0.1) is 0 Å². The van der Waals surface area contributed by atoms with Gasteiger partial charge < -0.3 is 14.8 Å². The summed E-state index contributed by atoms with van der Waals surface area (Å²) < 4.78 is 37.0. The van der Waals surface area contributed by atoms with E-state index < -0.39 is 10.0 Å². The Morgan fingerprint density at radius 1 is 1.20 bits per heavy atom. The van der Waals surface area contributed by atoms with Gasteiger partial charge in [0.25, 0.3) is 0 Å². The maximum Gasteiger partial charge on any atom is 0.232 e. The molecule has 1 unspecified atom stereocenters. The van der Waals surface area contributed by atoms with Crippen LogP contribution < -0.4 is 19.1 Å². The van der Waals surface area contributed by atoms with Gasteiger partial charge in [-0.15, -0.1) is 0 Å². The Hall–Kier alpha value is -2.16. The number of fused-ring (bicyclic) bond motifs is 1. The molecule has 30 heavy (non-hydrogen) atoms. The molecule has 0 saturated carbocycles. The van der Waals surface area contributed by atoms with Gasteiger partial charge in [-0.25, -0.2) is 8.42 Å². The third kappa shape index (κ3) is 5.93. The molecule has 3 rings (SSSR count). The zero-order chi connectivity index (χ0) is 21.7. The van der Waals surface area contributed by atoms with E-state index in [-0.39, 0.29) is 30.0 Å². The number of ether oxygens (including phenoxy) is 2. The van der Waals surface area contributed by atoms with E-state index in [4.69, 9.17) is 32.7 Å². The number of anilines is 1. The molecule has 162 valence electrons. The molecule has 2 aromatic rings. The summed E-state index contributed by atoms with van der Waals surface area (Å²) in [7, 11) is -3.59. The summed E-state index contributed by atoms with van der Waals surface area (Å²) in [4.78, 5) is 12.2. The topological polar surface area (TPSA) is 84.9 Å². The fraction of sp³-hybridized carbons (Fsp3) is 0.350. The van der Waals surface area contributed by atoms with Crippen LogP contribution in [0.4, 0.5) is 5.69 Å². The summed E-state index contributed by atoms with van der Waals surface area (Å²) in [6.45, 7) is 0.734. The average molecular weight is 473 g/mol. The van der Waals surface area contributed by atoms with E-state index in [1.807, 2.05) is 24.3 Å². The molecule has 1 heterocycles. The fourth-order valence-electron chi connectivity index (χ4n) is 3.00. The van der Waals surface area contributed by atoms with Crippen LogP contribution in [0.2, 0.25) is 10.0 Å². The minimum Gasteiger partial charge on any atom is -0.486 e. The summed E-state index contributed by atoms with van der Waals surface area (Å²) in [6.07, 6.45) is 1.26. The van der Waals surface area contributed by atoms with Crippen molar-refractivity contribution in [2.24, 2.45) is 0 Å². The molecule has 0 bridgehead atoms. The number of carbonyl (C=O) groups is 1. The number of nitrogens with one attached hydrogen (secondary N) is 1. The van der Waals surface area contributed by atoms with Gasteiger partial charge in [-0.05, 0) is 36.8 Å². The number of sulfonamides is 1. The van der Waals surface area contributed by atoms with Gasteiger partial charge in [0.05, 0.1) is 23.5 Å². The van der Waals surface area contributed by atoms with Gasteiger partial charge in [0.2, 0.25) is 15.9 Å². The minimum absolute atomic E-state index is 0.0999. The highest BCUT2D eigenvalue weighted by molar-refractivity contribution is 7.92. The number of carbonyl (C=O) groups excluding carboxylic acids is 1. The van der Waals surface area contributed by atoms with Gasteiger partial charge in [-0.2, -0.15) is 0 Å². The van der Waals surface area contributed by atoms with Crippen LogP contribution in [-0.2, 0) is 14.8 Å². The van der Waals surface area contributed by atoms with Crippen LogP contribution in [0.5, 0.6) is 11.5 Å². The number of para-hydroxylation sites is 2. The molecule has 0 fully saturated rings. The second-order valence-corrected chi connectivity index (χ2v) is 9.59. The lowest BCUT2D eigenvalue weighted by atomic mass is 10.2. The summed E-state index contributed by atoms with van der Waals surface area (Å²) >= 11 is 12.1. The van der Waals surface area contributed by atoms with Gasteiger partial charge in [-0.3, -0.25) is 9.10 Å². The van der Waals surface area contributed by atoms with Gasteiger partial charge in [0.1, 0.15) is 12.7 Å². The first-order valence-corrected chi connectivity index (χ1v) is 11.9. The van der Waals surface area contributed by atoms with E-state index in [9.17, 15) is 13.2 Å².